The van der Waals surface area contributed by atoms with Crippen LogP contribution < -0.4 is 0 Å². The number of carbonyl (C=O) groups is 1. The zero-order chi connectivity index (χ0) is 29.3. The van der Waals surface area contributed by atoms with Crippen LogP contribution in [0.3, 0.4) is 0 Å². The third-order valence-electron chi connectivity index (χ3n) is 7.30. The fraction of sp³-hybridized carbons (Fsp3) is 0.880. The molecule has 0 aliphatic rings. The van der Waals surface area contributed by atoms with E-state index >= 15 is 0 Å². The summed E-state index contributed by atoms with van der Waals surface area (Å²) in [6, 6.07) is 0. The van der Waals surface area contributed by atoms with Gasteiger partial charge in [-0.1, -0.05) is 75.8 Å². The van der Waals surface area contributed by atoms with Gasteiger partial charge in [-0.2, -0.15) is 0 Å². The van der Waals surface area contributed by atoms with E-state index in [2.05, 4.69) is 122 Å². The molecule has 0 N–H and O–H groups in total. The molecule has 0 saturated heterocycles. The second kappa shape index (κ2) is 11.7. The van der Waals surface area contributed by atoms with Gasteiger partial charge in [0.15, 0.2) is 25.0 Å². The summed E-state index contributed by atoms with van der Waals surface area (Å²) >= 11 is 0. The summed E-state index contributed by atoms with van der Waals surface area (Å²) in [4.78, 5) is 13.0. The molecular weight excluding hydrogens is 537 g/mol. The van der Waals surface area contributed by atoms with Gasteiger partial charge in [0.2, 0.25) is 0 Å². The van der Waals surface area contributed by atoms with E-state index in [9.17, 15) is 4.79 Å². The molecule has 0 unspecified atom stereocenters. The smallest absolute Gasteiger partial charge is 0.491 e. The van der Waals surface area contributed by atoms with Crippen LogP contribution in [0.4, 0.5) is 0 Å². The second-order valence-electron chi connectivity index (χ2n) is 14.7. The number of hydrogen-bond acceptors (Lipinski definition) is 6. The van der Waals surface area contributed by atoms with Crippen LogP contribution >= 0.6 is 0 Å². The van der Waals surface area contributed by atoms with E-state index in [0.717, 1.165) is 0 Å². The van der Waals surface area contributed by atoms with E-state index < -0.39 is 48.5 Å². The van der Waals surface area contributed by atoms with Gasteiger partial charge in [0.05, 0.1) is 0 Å². The van der Waals surface area contributed by atoms with Crippen LogP contribution in [0.25, 0.3) is 0 Å². The first-order valence-corrected chi connectivity index (χ1v) is 26.1. The van der Waals surface area contributed by atoms with Gasteiger partial charge >= 0.3 is 23.6 Å². The lowest BCUT2D eigenvalue weighted by Gasteiger charge is -2.51. The molecule has 36 heavy (non-hydrogen) atoms. The van der Waals surface area contributed by atoms with Gasteiger partial charge < -0.3 is 20.9 Å². The summed E-state index contributed by atoms with van der Waals surface area (Å²) in [5.41, 5.74) is 0.249. The van der Waals surface area contributed by atoms with E-state index in [4.69, 9.17) is 20.9 Å². The second-order valence-corrected chi connectivity index (χ2v) is 36.2. The van der Waals surface area contributed by atoms with Gasteiger partial charge in [0, 0.05) is 16.7 Å². The lowest BCUT2D eigenvalue weighted by atomic mass is 10.2. The Morgan fingerprint density at radius 3 is 1.22 bits per heavy atom. The van der Waals surface area contributed by atoms with Crippen molar-refractivity contribution >= 4 is 48.5 Å². The minimum absolute atomic E-state index is 0.0519. The molecule has 0 radical (unpaired) electrons. The van der Waals surface area contributed by atoms with Crippen molar-refractivity contribution in [3.63, 3.8) is 0 Å². The summed E-state index contributed by atoms with van der Waals surface area (Å²) in [5.74, 6) is -0.431. The first kappa shape index (κ1) is 36.1. The molecule has 0 aromatic heterocycles. The quantitative estimate of drug-likeness (QED) is 0.166. The Morgan fingerprint density at radius 1 is 0.667 bits per heavy atom. The Labute approximate surface area is 229 Å². The van der Waals surface area contributed by atoms with Crippen LogP contribution in [0.5, 0.6) is 0 Å². The van der Waals surface area contributed by atoms with Gasteiger partial charge in [-0.3, -0.25) is 0 Å². The maximum absolute atomic E-state index is 13.0. The predicted octanol–water partition coefficient (Wildman–Crippen LogP) is 8.72. The molecule has 0 aliphatic heterocycles. The monoisotopic (exact) mass is 594 g/mol. The van der Waals surface area contributed by atoms with Crippen molar-refractivity contribution in [2.75, 3.05) is 0 Å². The number of hydrogen-bond donors (Lipinski definition) is 0. The van der Waals surface area contributed by atoms with Crippen LogP contribution in [0.2, 0.25) is 67.0 Å². The van der Waals surface area contributed by atoms with Crippen molar-refractivity contribution in [1.29, 1.82) is 0 Å². The third kappa shape index (κ3) is 9.40. The average Bonchev–Trinajstić information content (AvgIpc) is 2.55. The van der Waals surface area contributed by atoms with Gasteiger partial charge in [0.25, 0.3) is 0 Å². The highest BCUT2D eigenvalue weighted by Gasteiger charge is 2.65. The highest BCUT2D eigenvalue weighted by atomic mass is 28.5. The molecule has 0 saturated carbocycles. The summed E-state index contributed by atoms with van der Waals surface area (Å²) in [6.45, 7) is 42.2. The minimum Gasteiger partial charge on any atom is -0.491 e. The van der Waals surface area contributed by atoms with E-state index in [0.29, 0.717) is 5.57 Å². The largest absolute Gasteiger partial charge is 0.639 e. The van der Waals surface area contributed by atoms with Crippen molar-refractivity contribution in [1.82, 2.24) is 0 Å². The van der Waals surface area contributed by atoms with Crippen molar-refractivity contribution in [3.8, 4) is 0 Å². The number of rotatable bonds is 12. The fourth-order valence-electron chi connectivity index (χ4n) is 3.02. The summed E-state index contributed by atoms with van der Waals surface area (Å²) in [7, 11) is -14.2. The highest BCUT2D eigenvalue weighted by Crippen LogP contribution is 2.46. The van der Waals surface area contributed by atoms with Gasteiger partial charge in [-0.25, -0.2) is 4.79 Å². The molecule has 0 amide bonds. The molecule has 0 aliphatic carbocycles. The van der Waals surface area contributed by atoms with Crippen LogP contribution in [0.1, 0.15) is 76.2 Å². The summed E-state index contributed by atoms with van der Waals surface area (Å²) in [5, 5.41) is -0.190. The Morgan fingerprint density at radius 2 is 1.00 bits per heavy atom. The highest BCUT2D eigenvalue weighted by molar-refractivity contribution is 6.93. The first-order chi connectivity index (χ1) is 15.5. The molecule has 0 bridgehead atoms. The fourth-order valence-corrected chi connectivity index (χ4v) is 22.6. The van der Waals surface area contributed by atoms with Crippen LogP contribution in [0.15, 0.2) is 12.2 Å². The zero-order valence-electron chi connectivity index (χ0n) is 26.8. The zero-order valence-corrected chi connectivity index (χ0v) is 31.8. The minimum atomic E-state index is -3.84. The summed E-state index contributed by atoms with van der Waals surface area (Å²) < 4.78 is 34.9. The molecule has 0 spiro atoms. The van der Waals surface area contributed by atoms with Crippen LogP contribution in [0, 0.1) is 0 Å². The van der Waals surface area contributed by atoms with Gasteiger partial charge in [-0.05, 0) is 62.8 Å². The van der Waals surface area contributed by atoms with Crippen LogP contribution in [-0.2, 0) is 25.7 Å². The lowest BCUT2D eigenvalue weighted by molar-refractivity contribution is -0.132. The maximum Gasteiger partial charge on any atom is 0.639 e. The van der Waals surface area contributed by atoms with Crippen LogP contribution in [-0.4, -0.2) is 48.5 Å². The SMILES string of the molecule is C=C(C)C(=O)O[Si](O[Si](O[Si](C)(C)C)(O[Si](C)(C)C(C)(C)C)O[Si](C)(C)C(C)(C)C)(C(C)C)C(C)C. The van der Waals surface area contributed by atoms with E-state index in [1.165, 1.54) is 0 Å². The normalized spacial score (nSPS) is 15.0. The van der Waals surface area contributed by atoms with Crippen molar-refractivity contribution < 1.29 is 25.7 Å². The van der Waals surface area contributed by atoms with E-state index in [1.807, 2.05) is 0 Å². The lowest BCUT2D eigenvalue weighted by Crippen LogP contribution is -2.70. The van der Waals surface area contributed by atoms with Gasteiger partial charge in [0.1, 0.15) is 0 Å². The topological polar surface area (TPSA) is 63.2 Å². The molecule has 0 fully saturated rings. The Hall–Kier alpha value is 0.134. The van der Waals surface area contributed by atoms with Crippen molar-refractivity contribution in [2.24, 2.45) is 0 Å². The van der Waals surface area contributed by atoms with Gasteiger partial charge in [-0.15, -0.1) is 0 Å². The molecule has 11 heteroatoms. The van der Waals surface area contributed by atoms with Crippen molar-refractivity contribution in [3.05, 3.63) is 12.2 Å². The molecule has 0 rings (SSSR count). The Balaban J connectivity index is 7.41. The van der Waals surface area contributed by atoms with E-state index in [-0.39, 0.29) is 21.2 Å². The maximum atomic E-state index is 13.0. The average molecular weight is 595 g/mol. The predicted molar refractivity (Wildman–Crippen MR) is 165 cm³/mol. The van der Waals surface area contributed by atoms with Crippen molar-refractivity contribution in [2.45, 2.75) is 143 Å². The number of carbonyl (C=O) groups excluding carboxylic acids is 1. The molecular formula is C25H58O6Si5. The molecule has 0 heterocycles. The third-order valence-corrected chi connectivity index (χ3v) is 30.1. The molecule has 6 nitrogen and oxygen atoms in total. The standard InChI is InChI=1S/C25H58O6Si5/c1-20(2)23(26)27-35(21(3)4,22(5)6)31-36(28-32(13,14)15,29-33(16,17)24(7,8)9)30-34(18,19)25(10,11)12/h21-22H,1H2,2-19H3. The summed E-state index contributed by atoms with van der Waals surface area (Å²) in [6.07, 6.45) is 0. The Bertz CT molecular complexity index is 737. The molecule has 0 atom stereocenters. The van der Waals surface area contributed by atoms with E-state index in [1.54, 1.807) is 6.92 Å². The molecule has 0 aromatic carbocycles. The molecule has 214 valence electrons. The molecule has 0 aromatic rings. The Kier molecular flexibility index (Phi) is 11.8. The first-order valence-electron chi connectivity index (χ1n) is 13.2.